The van der Waals surface area contributed by atoms with Crippen molar-refractivity contribution < 1.29 is 9.59 Å². The Morgan fingerprint density at radius 3 is 2.94 bits per heavy atom. The van der Waals surface area contributed by atoms with E-state index in [0.29, 0.717) is 25.1 Å². The predicted octanol–water partition coefficient (Wildman–Crippen LogP) is 4.33. The summed E-state index contributed by atoms with van der Waals surface area (Å²) in [6, 6.07) is 15.6. The van der Waals surface area contributed by atoms with Gasteiger partial charge in [0, 0.05) is 43.2 Å². The number of pyridine rings is 1. The quantitative estimate of drug-likeness (QED) is 0.414. The van der Waals surface area contributed by atoms with Crippen LogP contribution in [0.4, 0.5) is 10.9 Å². The van der Waals surface area contributed by atoms with Crippen molar-refractivity contribution in [3.8, 4) is 0 Å². The Hall–Kier alpha value is -3.52. The number of carbonyl (C=O) groups excluding carboxylic acids is 2. The van der Waals surface area contributed by atoms with Gasteiger partial charge in [-0.1, -0.05) is 35.6 Å². The second-order valence-corrected chi connectivity index (χ2v) is 8.83. The first kappa shape index (κ1) is 20.4. The molecule has 0 bridgehead atoms. The topological polar surface area (TPSA) is 87.2 Å². The summed E-state index contributed by atoms with van der Waals surface area (Å²) in [5.74, 6) is 0.866. The Morgan fingerprint density at radius 1 is 1.16 bits per heavy atom. The smallest absolute Gasteiger partial charge is 0.251 e. The van der Waals surface area contributed by atoms with Crippen LogP contribution in [0.15, 0.2) is 54.7 Å². The van der Waals surface area contributed by atoms with E-state index in [0.717, 1.165) is 51.3 Å². The van der Waals surface area contributed by atoms with Crippen LogP contribution in [-0.4, -0.2) is 46.3 Å². The van der Waals surface area contributed by atoms with Crippen LogP contribution in [0.5, 0.6) is 0 Å². The van der Waals surface area contributed by atoms with Gasteiger partial charge in [0.2, 0.25) is 5.91 Å². The van der Waals surface area contributed by atoms with Gasteiger partial charge >= 0.3 is 0 Å². The van der Waals surface area contributed by atoms with Gasteiger partial charge in [0.15, 0.2) is 5.13 Å². The number of carbonyl (C=O) groups is 2. The number of fused-ring (bicyclic) bond motifs is 2. The first-order valence-electron chi connectivity index (χ1n) is 10.7. The fourth-order valence-corrected chi connectivity index (χ4v) is 4.86. The van der Waals surface area contributed by atoms with E-state index in [4.69, 9.17) is 0 Å². The van der Waals surface area contributed by atoms with Crippen molar-refractivity contribution in [3.05, 3.63) is 60.3 Å². The molecule has 3 heterocycles. The maximum atomic E-state index is 12.6. The lowest BCUT2D eigenvalue weighted by molar-refractivity contribution is -0.127. The van der Waals surface area contributed by atoms with Crippen LogP contribution in [0.2, 0.25) is 0 Å². The summed E-state index contributed by atoms with van der Waals surface area (Å²) >= 11 is 1.49. The third-order valence-electron chi connectivity index (χ3n) is 5.61. The molecule has 7 nitrogen and oxygen atoms in total. The van der Waals surface area contributed by atoms with E-state index in [9.17, 15) is 9.59 Å². The van der Waals surface area contributed by atoms with Gasteiger partial charge in [-0.2, -0.15) is 0 Å². The molecule has 0 unspecified atom stereocenters. The maximum absolute atomic E-state index is 12.6. The van der Waals surface area contributed by atoms with E-state index in [1.165, 1.54) is 11.3 Å². The Morgan fingerprint density at radius 2 is 2.06 bits per heavy atom. The fraction of sp³-hybridized carbons (Fsp3) is 0.250. The third kappa shape index (κ3) is 4.27. The number of thiazole rings is 1. The number of likely N-dealkylation sites (tertiary alicyclic amines) is 1. The number of hydrogen-bond donors (Lipinski definition) is 2. The summed E-state index contributed by atoms with van der Waals surface area (Å²) < 4.78 is 0.933. The second-order valence-electron chi connectivity index (χ2n) is 7.80. The summed E-state index contributed by atoms with van der Waals surface area (Å²) in [7, 11) is 0. The molecule has 8 heteroatoms. The minimum absolute atomic E-state index is 0.113. The van der Waals surface area contributed by atoms with Crippen molar-refractivity contribution in [1.29, 1.82) is 0 Å². The van der Waals surface area contributed by atoms with Crippen LogP contribution in [0.3, 0.4) is 0 Å². The Kier molecular flexibility index (Phi) is 5.68. The monoisotopic (exact) mass is 445 g/mol. The Bertz CT molecular complexity index is 1300. The molecular weight excluding hydrogens is 422 g/mol. The number of rotatable bonds is 7. The van der Waals surface area contributed by atoms with Crippen molar-refractivity contribution in [1.82, 2.24) is 20.2 Å². The molecule has 0 saturated carbocycles. The largest absolute Gasteiger partial charge is 0.352 e. The van der Waals surface area contributed by atoms with E-state index in [2.05, 4.69) is 26.7 Å². The highest BCUT2D eigenvalue weighted by molar-refractivity contribution is 7.22. The number of nitrogens with one attached hydrogen (secondary N) is 2. The van der Waals surface area contributed by atoms with Gasteiger partial charge in [-0.05, 0) is 42.5 Å². The van der Waals surface area contributed by atoms with Crippen molar-refractivity contribution in [2.24, 2.45) is 0 Å². The van der Waals surface area contributed by atoms with Gasteiger partial charge < -0.3 is 15.5 Å². The summed E-state index contributed by atoms with van der Waals surface area (Å²) in [6.45, 7) is 2.08. The van der Waals surface area contributed by atoms with Crippen molar-refractivity contribution >= 4 is 55.1 Å². The average molecular weight is 446 g/mol. The molecule has 1 aliphatic heterocycles. The molecule has 162 valence electrons. The van der Waals surface area contributed by atoms with Gasteiger partial charge in [0.25, 0.3) is 5.91 Å². The number of amides is 2. The summed E-state index contributed by atoms with van der Waals surface area (Å²) in [6.07, 6.45) is 4.12. The van der Waals surface area contributed by atoms with Gasteiger partial charge in [-0.25, -0.2) is 9.97 Å². The minimum atomic E-state index is -0.113. The SMILES string of the molecule is O=C(NCCCN1CCCC1=O)c1ccc2nc(Nc3nccc4ccccc34)sc2c1. The number of hydrogen-bond acceptors (Lipinski definition) is 6. The third-order valence-corrected chi connectivity index (χ3v) is 6.54. The van der Waals surface area contributed by atoms with Crippen LogP contribution in [0, 0.1) is 0 Å². The van der Waals surface area contributed by atoms with Crippen LogP contribution in [0.1, 0.15) is 29.6 Å². The first-order chi connectivity index (χ1) is 15.7. The van der Waals surface area contributed by atoms with Crippen LogP contribution in [0.25, 0.3) is 21.0 Å². The number of aromatic nitrogens is 2. The van der Waals surface area contributed by atoms with Gasteiger partial charge in [0.1, 0.15) is 5.82 Å². The molecule has 0 radical (unpaired) electrons. The molecule has 0 aliphatic carbocycles. The molecule has 1 fully saturated rings. The van der Waals surface area contributed by atoms with Gasteiger partial charge in [-0.3, -0.25) is 9.59 Å². The lowest BCUT2D eigenvalue weighted by atomic mass is 10.1. The van der Waals surface area contributed by atoms with E-state index in [1.807, 2.05) is 41.3 Å². The molecule has 4 aromatic rings. The molecule has 2 amide bonds. The van der Waals surface area contributed by atoms with Gasteiger partial charge in [0.05, 0.1) is 10.2 Å². The van der Waals surface area contributed by atoms with E-state index in [1.54, 1.807) is 12.3 Å². The lowest BCUT2D eigenvalue weighted by Crippen LogP contribution is -2.30. The van der Waals surface area contributed by atoms with Crippen molar-refractivity contribution in [2.45, 2.75) is 19.3 Å². The van der Waals surface area contributed by atoms with Crippen molar-refractivity contribution in [2.75, 3.05) is 25.0 Å². The lowest BCUT2D eigenvalue weighted by Gasteiger charge is -2.15. The highest BCUT2D eigenvalue weighted by atomic mass is 32.1. The normalized spacial score (nSPS) is 13.8. The molecule has 1 aliphatic rings. The summed E-state index contributed by atoms with van der Waals surface area (Å²) in [5.41, 5.74) is 1.44. The highest BCUT2D eigenvalue weighted by Crippen LogP contribution is 2.30. The molecular formula is C24H23N5O2S. The second kappa shape index (κ2) is 8.92. The average Bonchev–Trinajstić information content (AvgIpc) is 3.41. The van der Waals surface area contributed by atoms with E-state index in [-0.39, 0.29) is 11.8 Å². The number of benzene rings is 2. The van der Waals surface area contributed by atoms with Crippen LogP contribution in [-0.2, 0) is 4.79 Å². The first-order valence-corrected chi connectivity index (χ1v) is 11.6. The molecule has 2 N–H and O–H groups in total. The van der Waals surface area contributed by atoms with E-state index >= 15 is 0 Å². The highest BCUT2D eigenvalue weighted by Gasteiger charge is 2.19. The zero-order chi connectivity index (χ0) is 21.9. The number of nitrogens with zero attached hydrogens (tertiary/aromatic N) is 3. The predicted molar refractivity (Wildman–Crippen MR) is 127 cm³/mol. The van der Waals surface area contributed by atoms with Crippen LogP contribution >= 0.6 is 11.3 Å². The van der Waals surface area contributed by atoms with E-state index < -0.39 is 0 Å². The molecule has 1 saturated heterocycles. The van der Waals surface area contributed by atoms with Crippen LogP contribution < -0.4 is 10.6 Å². The maximum Gasteiger partial charge on any atom is 0.251 e. The summed E-state index contributed by atoms with van der Waals surface area (Å²) in [4.78, 5) is 35.2. The zero-order valence-corrected chi connectivity index (χ0v) is 18.3. The minimum Gasteiger partial charge on any atom is -0.352 e. The summed E-state index contributed by atoms with van der Waals surface area (Å²) in [5, 5.41) is 9.15. The fourth-order valence-electron chi connectivity index (χ4n) is 3.95. The molecule has 0 spiro atoms. The Balaban J connectivity index is 1.24. The number of anilines is 2. The molecule has 2 aromatic heterocycles. The van der Waals surface area contributed by atoms with Crippen molar-refractivity contribution in [3.63, 3.8) is 0 Å². The molecule has 32 heavy (non-hydrogen) atoms. The molecule has 2 aromatic carbocycles. The molecule has 5 rings (SSSR count). The van der Waals surface area contributed by atoms with Gasteiger partial charge in [-0.15, -0.1) is 0 Å². The zero-order valence-electron chi connectivity index (χ0n) is 17.5. The Labute approximate surface area is 189 Å². The standard InChI is InChI=1S/C24H23N5O2S/c30-21-7-3-13-29(21)14-4-11-26-23(31)17-8-9-19-20(15-17)32-24(27-19)28-22-18-6-2-1-5-16(18)10-12-25-22/h1-2,5-6,8-10,12,15H,3-4,7,11,13-14H2,(H,26,31)(H,25,27,28). The molecule has 0 atom stereocenters.